The van der Waals surface area contributed by atoms with E-state index in [2.05, 4.69) is 0 Å². The molecule has 0 N–H and O–H groups in total. The third-order valence-electron chi connectivity index (χ3n) is 4.18. The molecule has 6 nitrogen and oxygen atoms in total. The van der Waals surface area contributed by atoms with Gasteiger partial charge in [0.25, 0.3) is 15.9 Å². The Bertz CT molecular complexity index is 872. The van der Waals surface area contributed by atoms with Crippen LogP contribution in [0.4, 0.5) is 0 Å². The normalized spacial score (nSPS) is 16.0. The van der Waals surface area contributed by atoms with E-state index in [0.717, 1.165) is 16.9 Å². The highest BCUT2D eigenvalue weighted by Gasteiger charge is 2.31. The molecule has 1 fully saturated rings. The molecule has 0 bridgehead atoms. The van der Waals surface area contributed by atoms with E-state index in [1.807, 2.05) is 12.1 Å². The first-order chi connectivity index (χ1) is 12.4. The van der Waals surface area contributed by atoms with E-state index in [4.69, 9.17) is 16.3 Å². The van der Waals surface area contributed by atoms with Gasteiger partial charge in [0, 0.05) is 38.9 Å². The highest BCUT2D eigenvalue weighted by molar-refractivity contribution is 7.91. The maximum atomic E-state index is 12.6. The van der Waals surface area contributed by atoms with Gasteiger partial charge in [-0.25, -0.2) is 8.42 Å². The summed E-state index contributed by atoms with van der Waals surface area (Å²) >= 11 is 6.89. The summed E-state index contributed by atoms with van der Waals surface area (Å²) in [6.45, 7) is 1.75. The highest BCUT2D eigenvalue weighted by Crippen LogP contribution is 2.28. The van der Waals surface area contributed by atoms with Crippen molar-refractivity contribution in [2.75, 3.05) is 33.3 Å². The van der Waals surface area contributed by atoms with Crippen molar-refractivity contribution in [2.45, 2.75) is 10.8 Å². The number of nitrogens with zero attached hydrogens (tertiary/aromatic N) is 2. The third kappa shape index (κ3) is 4.10. The molecule has 1 aliphatic heterocycles. The minimum absolute atomic E-state index is 0.0924. The monoisotopic (exact) mass is 414 g/mol. The first-order valence-electron chi connectivity index (χ1n) is 8.04. The Kier molecular flexibility index (Phi) is 5.99. The standard InChI is InChI=1S/C17H19ClN2O4S2/c1-24-12-13-2-4-14(5-3-13)17(21)19-8-10-20(11-9-19)26(22,23)16-7-6-15(18)25-16/h2-7H,8-12H2,1H3. The van der Waals surface area contributed by atoms with Gasteiger partial charge in [0.2, 0.25) is 0 Å². The van der Waals surface area contributed by atoms with Crippen LogP contribution in [0.3, 0.4) is 0 Å². The molecule has 1 saturated heterocycles. The predicted octanol–water partition coefficient (Wildman–Crippen LogP) is 2.69. The lowest BCUT2D eigenvalue weighted by Crippen LogP contribution is -2.50. The Morgan fingerprint density at radius 1 is 1.12 bits per heavy atom. The molecule has 1 aromatic carbocycles. The van der Waals surface area contributed by atoms with Crippen LogP contribution in [0.2, 0.25) is 4.34 Å². The zero-order valence-corrected chi connectivity index (χ0v) is 16.6. The van der Waals surface area contributed by atoms with Gasteiger partial charge in [0.15, 0.2) is 0 Å². The number of sulfonamides is 1. The van der Waals surface area contributed by atoms with Crippen LogP contribution >= 0.6 is 22.9 Å². The van der Waals surface area contributed by atoms with Crippen molar-refractivity contribution < 1.29 is 17.9 Å². The van der Waals surface area contributed by atoms with Gasteiger partial charge in [-0.15, -0.1) is 11.3 Å². The number of hydrogen-bond donors (Lipinski definition) is 0. The Hall–Kier alpha value is -1.45. The van der Waals surface area contributed by atoms with E-state index < -0.39 is 10.0 Å². The molecule has 3 rings (SSSR count). The molecule has 1 aliphatic rings. The molecule has 1 amide bonds. The Balaban J connectivity index is 1.63. The molecule has 0 unspecified atom stereocenters. The molecule has 0 aliphatic carbocycles. The van der Waals surface area contributed by atoms with Crippen molar-refractivity contribution in [3.05, 3.63) is 51.9 Å². The topological polar surface area (TPSA) is 66.9 Å². The largest absolute Gasteiger partial charge is 0.380 e. The highest BCUT2D eigenvalue weighted by atomic mass is 35.5. The van der Waals surface area contributed by atoms with Crippen LogP contribution in [0, 0.1) is 0 Å². The second-order valence-electron chi connectivity index (χ2n) is 5.88. The van der Waals surface area contributed by atoms with Gasteiger partial charge in [-0.2, -0.15) is 4.31 Å². The van der Waals surface area contributed by atoms with Crippen LogP contribution < -0.4 is 0 Å². The Morgan fingerprint density at radius 2 is 1.77 bits per heavy atom. The number of ether oxygens (including phenoxy) is 1. The lowest BCUT2D eigenvalue weighted by molar-refractivity contribution is 0.0698. The van der Waals surface area contributed by atoms with Gasteiger partial charge in [0.1, 0.15) is 4.21 Å². The van der Waals surface area contributed by atoms with Gasteiger partial charge < -0.3 is 9.64 Å². The fraction of sp³-hybridized carbons (Fsp3) is 0.353. The first kappa shape index (κ1) is 19.3. The van der Waals surface area contributed by atoms with Crippen molar-refractivity contribution in [2.24, 2.45) is 0 Å². The van der Waals surface area contributed by atoms with Crippen molar-refractivity contribution in [3.8, 4) is 0 Å². The van der Waals surface area contributed by atoms with Crippen LogP contribution in [-0.4, -0.2) is 56.8 Å². The second-order valence-corrected chi connectivity index (χ2v) is 9.76. The molecular weight excluding hydrogens is 396 g/mol. The number of amides is 1. The smallest absolute Gasteiger partial charge is 0.253 e. The van der Waals surface area contributed by atoms with E-state index >= 15 is 0 Å². The maximum absolute atomic E-state index is 12.6. The lowest BCUT2D eigenvalue weighted by atomic mass is 10.1. The van der Waals surface area contributed by atoms with Crippen molar-refractivity contribution in [3.63, 3.8) is 0 Å². The third-order valence-corrected chi connectivity index (χ3v) is 7.78. The van der Waals surface area contributed by atoms with E-state index in [9.17, 15) is 13.2 Å². The molecule has 0 radical (unpaired) electrons. The summed E-state index contributed by atoms with van der Waals surface area (Å²) in [7, 11) is -1.93. The van der Waals surface area contributed by atoms with Crippen molar-refractivity contribution in [1.29, 1.82) is 0 Å². The number of methoxy groups -OCH3 is 1. The minimum atomic E-state index is -3.55. The van der Waals surface area contributed by atoms with Gasteiger partial charge in [-0.05, 0) is 29.8 Å². The Morgan fingerprint density at radius 3 is 2.31 bits per heavy atom. The number of thiophene rings is 1. The summed E-state index contributed by atoms with van der Waals surface area (Å²) in [6.07, 6.45) is 0. The molecule has 0 saturated carbocycles. The summed E-state index contributed by atoms with van der Waals surface area (Å²) in [5.74, 6) is -0.0924. The molecule has 2 heterocycles. The summed E-state index contributed by atoms with van der Waals surface area (Å²) in [5, 5.41) is 0. The average Bonchev–Trinajstić information content (AvgIpc) is 3.09. The molecule has 140 valence electrons. The number of carbonyl (C=O) groups is 1. The zero-order chi connectivity index (χ0) is 18.7. The fourth-order valence-electron chi connectivity index (χ4n) is 2.79. The Labute approximate surface area is 162 Å². The summed E-state index contributed by atoms with van der Waals surface area (Å²) in [4.78, 5) is 14.3. The molecule has 2 aromatic rings. The number of rotatable bonds is 5. The molecular formula is C17H19ClN2O4S2. The van der Waals surface area contributed by atoms with Crippen LogP contribution in [0.5, 0.6) is 0 Å². The zero-order valence-electron chi connectivity index (χ0n) is 14.2. The number of hydrogen-bond acceptors (Lipinski definition) is 5. The fourth-order valence-corrected chi connectivity index (χ4v) is 5.85. The van der Waals surface area contributed by atoms with Crippen LogP contribution in [-0.2, 0) is 21.4 Å². The SMILES string of the molecule is COCc1ccc(C(=O)N2CCN(S(=O)(=O)c3ccc(Cl)s3)CC2)cc1. The molecule has 0 spiro atoms. The van der Waals surface area contributed by atoms with E-state index in [0.29, 0.717) is 29.6 Å². The number of piperazine rings is 1. The lowest BCUT2D eigenvalue weighted by Gasteiger charge is -2.33. The quantitative estimate of drug-likeness (QED) is 0.754. The van der Waals surface area contributed by atoms with Crippen molar-refractivity contribution >= 4 is 38.9 Å². The van der Waals surface area contributed by atoms with Crippen LogP contribution in [0.15, 0.2) is 40.6 Å². The van der Waals surface area contributed by atoms with E-state index in [-0.39, 0.29) is 23.2 Å². The number of halogens is 1. The van der Waals surface area contributed by atoms with E-state index in [1.165, 1.54) is 10.4 Å². The summed E-state index contributed by atoms with van der Waals surface area (Å²) in [5.41, 5.74) is 1.58. The minimum Gasteiger partial charge on any atom is -0.380 e. The first-order valence-corrected chi connectivity index (χ1v) is 10.7. The molecule has 9 heteroatoms. The molecule has 26 heavy (non-hydrogen) atoms. The maximum Gasteiger partial charge on any atom is 0.253 e. The van der Waals surface area contributed by atoms with Crippen molar-refractivity contribution in [1.82, 2.24) is 9.21 Å². The summed E-state index contributed by atoms with van der Waals surface area (Å²) < 4.78 is 32.4. The molecule has 1 aromatic heterocycles. The molecule has 0 atom stereocenters. The second kappa shape index (κ2) is 8.06. The van der Waals surface area contributed by atoms with Gasteiger partial charge in [0.05, 0.1) is 10.9 Å². The van der Waals surface area contributed by atoms with Gasteiger partial charge in [-0.3, -0.25) is 4.79 Å². The van der Waals surface area contributed by atoms with Gasteiger partial charge >= 0.3 is 0 Å². The van der Waals surface area contributed by atoms with Crippen LogP contribution in [0.1, 0.15) is 15.9 Å². The summed E-state index contributed by atoms with van der Waals surface area (Å²) in [6, 6.07) is 10.4. The average molecular weight is 415 g/mol. The van der Waals surface area contributed by atoms with Crippen LogP contribution in [0.25, 0.3) is 0 Å². The van der Waals surface area contributed by atoms with E-state index in [1.54, 1.807) is 30.2 Å². The number of benzene rings is 1. The van der Waals surface area contributed by atoms with Gasteiger partial charge in [-0.1, -0.05) is 23.7 Å². The number of carbonyl (C=O) groups excluding carboxylic acids is 1. The predicted molar refractivity (Wildman–Crippen MR) is 101 cm³/mol.